The molecule has 0 radical (unpaired) electrons. The Morgan fingerprint density at radius 3 is 2.72 bits per heavy atom. The summed E-state index contributed by atoms with van der Waals surface area (Å²) in [5.74, 6) is -0.587. The second kappa shape index (κ2) is 6.44. The van der Waals surface area contributed by atoms with Crippen molar-refractivity contribution in [3.63, 3.8) is 0 Å². The first-order valence-electron chi connectivity index (χ1n) is 9.33. The molecule has 1 saturated heterocycles. The molecule has 3 heterocycles. The molecule has 10 heteroatoms. The fourth-order valence-electron chi connectivity index (χ4n) is 4.76. The lowest BCUT2D eigenvalue weighted by Gasteiger charge is -2.40. The van der Waals surface area contributed by atoms with E-state index in [0.717, 1.165) is 11.1 Å². The number of aliphatic hydroxyl groups excluding tert-OH is 4. The molecule has 5 rings (SSSR count). The van der Waals surface area contributed by atoms with Crippen molar-refractivity contribution in [2.45, 2.75) is 42.5 Å². The third kappa shape index (κ3) is 2.38. The Bertz CT molecular complexity index is 1070. The van der Waals surface area contributed by atoms with Crippen LogP contribution >= 0.6 is 0 Å². The normalized spacial score (nSPS) is 34.0. The number of fused-ring (bicyclic) bond motifs is 2. The van der Waals surface area contributed by atoms with Crippen LogP contribution in [0.2, 0.25) is 0 Å². The molecule has 0 amide bonds. The van der Waals surface area contributed by atoms with Gasteiger partial charge < -0.3 is 30.9 Å². The third-order valence-corrected chi connectivity index (χ3v) is 6.04. The van der Waals surface area contributed by atoms with Gasteiger partial charge in [-0.25, -0.2) is 15.0 Å². The van der Waals surface area contributed by atoms with Gasteiger partial charge in [-0.15, -0.1) is 0 Å². The SMILES string of the molecule is Nc1ncnc2c1ncn2[C@]1([C@@H]2c3ccccc3C[C@H]2O)O[C@H](CO)[C@@H](O)[C@H]1O. The number of aromatic nitrogens is 4. The fourth-order valence-corrected chi connectivity index (χ4v) is 4.76. The molecule has 2 aliphatic rings. The topological polar surface area (TPSA) is 160 Å². The van der Waals surface area contributed by atoms with Crippen molar-refractivity contribution in [3.8, 4) is 0 Å². The highest BCUT2D eigenvalue weighted by Crippen LogP contribution is 2.52. The third-order valence-electron chi connectivity index (χ3n) is 6.04. The van der Waals surface area contributed by atoms with Gasteiger partial charge in [0.05, 0.1) is 25.0 Å². The number of nitrogen functional groups attached to an aromatic ring is 1. The molecule has 6 atom stereocenters. The largest absolute Gasteiger partial charge is 0.394 e. The standard InChI is InChI=1S/C19H21N5O5/c20-17-14-18(22-7-21-17)24(8-23-14)19(16(28)15(27)12(6-25)29-19)13-10-4-2-1-3-9(10)5-11(13)26/h1-4,7-8,11-13,15-16,25-28H,5-6H2,(H2,20,21,22)/t11-,12-,13-,15-,16-,19-/m1/s1. The van der Waals surface area contributed by atoms with Gasteiger partial charge in [-0.05, 0) is 17.5 Å². The number of nitrogens with zero attached hydrogens (tertiary/aromatic N) is 4. The number of hydrogen-bond acceptors (Lipinski definition) is 9. The number of ether oxygens (including phenoxy) is 1. The molecule has 0 bridgehead atoms. The number of imidazole rings is 1. The van der Waals surface area contributed by atoms with E-state index in [1.54, 1.807) is 0 Å². The van der Waals surface area contributed by atoms with Gasteiger partial charge in [0.25, 0.3) is 0 Å². The van der Waals surface area contributed by atoms with Crippen LogP contribution in [-0.4, -0.2) is 71.0 Å². The van der Waals surface area contributed by atoms with E-state index in [1.807, 2.05) is 24.3 Å². The minimum absolute atomic E-state index is 0.156. The van der Waals surface area contributed by atoms with Gasteiger partial charge in [0.15, 0.2) is 17.2 Å². The van der Waals surface area contributed by atoms with E-state index in [2.05, 4.69) is 15.0 Å². The Morgan fingerprint density at radius 2 is 1.97 bits per heavy atom. The van der Waals surface area contributed by atoms with Crippen molar-refractivity contribution >= 4 is 17.0 Å². The molecule has 0 saturated carbocycles. The maximum Gasteiger partial charge on any atom is 0.185 e. The first kappa shape index (κ1) is 18.4. The minimum Gasteiger partial charge on any atom is -0.394 e. The zero-order chi connectivity index (χ0) is 20.3. The van der Waals surface area contributed by atoms with Crippen LogP contribution in [0.25, 0.3) is 11.2 Å². The summed E-state index contributed by atoms with van der Waals surface area (Å²) in [6, 6.07) is 7.47. The van der Waals surface area contributed by atoms with Crippen LogP contribution in [0, 0.1) is 0 Å². The average molecular weight is 399 g/mol. The molecular weight excluding hydrogens is 378 g/mol. The van der Waals surface area contributed by atoms with Crippen LogP contribution < -0.4 is 5.73 Å². The van der Waals surface area contributed by atoms with E-state index in [4.69, 9.17) is 10.5 Å². The summed E-state index contributed by atoms with van der Waals surface area (Å²) < 4.78 is 7.62. The zero-order valence-electron chi connectivity index (χ0n) is 15.3. The molecule has 1 aromatic carbocycles. The maximum absolute atomic E-state index is 11.2. The van der Waals surface area contributed by atoms with Crippen LogP contribution in [0.1, 0.15) is 17.0 Å². The van der Waals surface area contributed by atoms with Crippen molar-refractivity contribution in [1.29, 1.82) is 0 Å². The van der Waals surface area contributed by atoms with Crippen molar-refractivity contribution in [1.82, 2.24) is 19.5 Å². The summed E-state index contributed by atoms with van der Waals surface area (Å²) >= 11 is 0. The summed E-state index contributed by atoms with van der Waals surface area (Å²) in [5.41, 5.74) is 6.56. The highest BCUT2D eigenvalue weighted by atomic mass is 16.6. The number of benzene rings is 1. The van der Waals surface area contributed by atoms with E-state index < -0.39 is 42.7 Å². The number of hydrogen-bond donors (Lipinski definition) is 5. The molecule has 3 aromatic rings. The predicted molar refractivity (Wildman–Crippen MR) is 101 cm³/mol. The fraction of sp³-hybridized carbons (Fsp3) is 0.421. The number of rotatable bonds is 3. The van der Waals surface area contributed by atoms with E-state index in [1.165, 1.54) is 17.2 Å². The molecule has 1 aliphatic heterocycles. The molecule has 152 valence electrons. The van der Waals surface area contributed by atoms with Crippen molar-refractivity contribution in [2.24, 2.45) is 0 Å². The number of anilines is 1. The van der Waals surface area contributed by atoms with Crippen LogP contribution in [0.4, 0.5) is 5.82 Å². The minimum atomic E-state index is -1.66. The van der Waals surface area contributed by atoms with Crippen LogP contribution in [0.5, 0.6) is 0 Å². The molecule has 1 fully saturated rings. The average Bonchev–Trinajstić information content (AvgIpc) is 3.37. The first-order valence-corrected chi connectivity index (χ1v) is 9.33. The molecular formula is C19H21N5O5. The molecule has 2 aromatic heterocycles. The molecule has 1 aliphatic carbocycles. The lowest BCUT2D eigenvalue weighted by molar-refractivity contribution is -0.177. The molecule has 10 nitrogen and oxygen atoms in total. The first-order chi connectivity index (χ1) is 14.0. The van der Waals surface area contributed by atoms with E-state index in [0.29, 0.717) is 17.6 Å². The second-order valence-electron chi connectivity index (χ2n) is 7.52. The number of nitrogens with two attached hydrogens (primary N) is 1. The summed E-state index contributed by atoms with van der Waals surface area (Å²) in [5, 5.41) is 42.5. The van der Waals surface area contributed by atoms with Gasteiger partial charge >= 0.3 is 0 Å². The zero-order valence-corrected chi connectivity index (χ0v) is 15.3. The molecule has 0 spiro atoms. The quantitative estimate of drug-likeness (QED) is 0.367. The Labute approximate surface area is 165 Å². The Kier molecular flexibility index (Phi) is 4.09. The van der Waals surface area contributed by atoms with Crippen LogP contribution in [-0.2, 0) is 16.9 Å². The van der Waals surface area contributed by atoms with Gasteiger partial charge in [0.1, 0.15) is 30.2 Å². The lowest BCUT2D eigenvalue weighted by atomic mass is 9.83. The summed E-state index contributed by atoms with van der Waals surface area (Å²) in [7, 11) is 0. The van der Waals surface area contributed by atoms with Crippen LogP contribution in [0.15, 0.2) is 36.9 Å². The van der Waals surface area contributed by atoms with Crippen LogP contribution in [0.3, 0.4) is 0 Å². The smallest absolute Gasteiger partial charge is 0.185 e. The summed E-state index contributed by atoms with van der Waals surface area (Å²) in [6.07, 6.45) is -1.77. The molecule has 0 unspecified atom stereocenters. The van der Waals surface area contributed by atoms with Gasteiger partial charge in [-0.1, -0.05) is 24.3 Å². The number of aliphatic hydroxyl groups is 4. The van der Waals surface area contributed by atoms with E-state index >= 15 is 0 Å². The lowest BCUT2D eigenvalue weighted by Crippen LogP contribution is -2.52. The van der Waals surface area contributed by atoms with E-state index in [-0.39, 0.29) is 5.82 Å². The predicted octanol–water partition coefficient (Wildman–Crippen LogP) is -1.13. The van der Waals surface area contributed by atoms with Crippen molar-refractivity contribution in [3.05, 3.63) is 48.0 Å². The highest BCUT2D eigenvalue weighted by Gasteiger charge is 2.63. The van der Waals surface area contributed by atoms with Crippen molar-refractivity contribution in [2.75, 3.05) is 12.3 Å². The Hall–Kier alpha value is -2.63. The summed E-state index contributed by atoms with van der Waals surface area (Å²) in [4.78, 5) is 12.4. The Balaban J connectivity index is 1.79. The monoisotopic (exact) mass is 399 g/mol. The van der Waals surface area contributed by atoms with Gasteiger partial charge in [-0.2, -0.15) is 0 Å². The van der Waals surface area contributed by atoms with Gasteiger partial charge in [0, 0.05) is 0 Å². The molecule has 29 heavy (non-hydrogen) atoms. The highest BCUT2D eigenvalue weighted by molar-refractivity contribution is 5.81. The maximum atomic E-state index is 11.2. The summed E-state index contributed by atoms with van der Waals surface area (Å²) in [6.45, 7) is -0.506. The van der Waals surface area contributed by atoms with E-state index in [9.17, 15) is 20.4 Å². The molecule has 6 N–H and O–H groups in total. The van der Waals surface area contributed by atoms with Gasteiger partial charge in [0.2, 0.25) is 0 Å². The van der Waals surface area contributed by atoms with Crippen molar-refractivity contribution < 1.29 is 25.2 Å². The second-order valence-corrected chi connectivity index (χ2v) is 7.52. The van der Waals surface area contributed by atoms with Gasteiger partial charge in [-0.3, -0.25) is 4.57 Å². The Morgan fingerprint density at radius 1 is 1.17 bits per heavy atom.